The minimum Gasteiger partial charge on any atom is -0.493 e. The van der Waals surface area contributed by atoms with Crippen molar-refractivity contribution < 1.29 is 14.2 Å². The molecule has 21 heavy (non-hydrogen) atoms. The molecule has 2 heterocycles. The Labute approximate surface area is 126 Å². The van der Waals surface area contributed by atoms with Crippen LogP contribution in [0.4, 0.5) is 0 Å². The van der Waals surface area contributed by atoms with E-state index >= 15 is 0 Å². The van der Waals surface area contributed by atoms with Crippen LogP contribution in [0.15, 0.2) is 12.1 Å². The summed E-state index contributed by atoms with van der Waals surface area (Å²) in [4.78, 5) is 2.42. The Balaban J connectivity index is 1.75. The van der Waals surface area contributed by atoms with Gasteiger partial charge in [0.1, 0.15) is 0 Å². The van der Waals surface area contributed by atoms with Crippen LogP contribution in [-0.4, -0.2) is 51.0 Å². The van der Waals surface area contributed by atoms with Gasteiger partial charge in [-0.15, -0.1) is 0 Å². The molecule has 0 spiro atoms. The van der Waals surface area contributed by atoms with Crippen molar-refractivity contribution >= 4 is 0 Å². The average molecular weight is 292 g/mol. The van der Waals surface area contributed by atoms with Gasteiger partial charge in [0, 0.05) is 26.2 Å². The van der Waals surface area contributed by atoms with E-state index < -0.39 is 0 Å². The first-order valence-corrected chi connectivity index (χ1v) is 7.46. The van der Waals surface area contributed by atoms with Crippen molar-refractivity contribution in [1.82, 2.24) is 4.90 Å². The molecule has 2 aliphatic rings. The number of hydrogen-bond donors (Lipinski definition) is 1. The van der Waals surface area contributed by atoms with Gasteiger partial charge in [0.05, 0.1) is 26.4 Å². The van der Waals surface area contributed by atoms with Gasteiger partial charge < -0.3 is 19.9 Å². The van der Waals surface area contributed by atoms with Crippen molar-refractivity contribution in [3.63, 3.8) is 0 Å². The highest BCUT2D eigenvalue weighted by molar-refractivity contribution is 5.48. The molecule has 0 saturated carbocycles. The first-order valence-electron chi connectivity index (χ1n) is 7.46. The fraction of sp³-hybridized carbons (Fsp3) is 0.625. The molecule has 116 valence electrons. The van der Waals surface area contributed by atoms with Crippen molar-refractivity contribution in [3.05, 3.63) is 23.3 Å². The lowest BCUT2D eigenvalue weighted by molar-refractivity contribution is 0.147. The Morgan fingerprint density at radius 2 is 1.95 bits per heavy atom. The summed E-state index contributed by atoms with van der Waals surface area (Å²) in [5, 5.41) is 0. The largest absolute Gasteiger partial charge is 0.493 e. The lowest BCUT2D eigenvalue weighted by atomic mass is 9.95. The summed E-state index contributed by atoms with van der Waals surface area (Å²) in [5.41, 5.74) is 8.87. The monoisotopic (exact) mass is 292 g/mol. The smallest absolute Gasteiger partial charge is 0.161 e. The van der Waals surface area contributed by atoms with Crippen LogP contribution < -0.4 is 15.2 Å². The summed E-state index contributed by atoms with van der Waals surface area (Å²) in [5.74, 6) is 1.61. The number of benzene rings is 1. The Kier molecular flexibility index (Phi) is 4.06. The number of hydrogen-bond acceptors (Lipinski definition) is 5. The van der Waals surface area contributed by atoms with E-state index in [-0.39, 0.29) is 5.54 Å². The molecule has 2 aliphatic heterocycles. The normalized spacial score (nSPS) is 25.7. The highest BCUT2D eigenvalue weighted by atomic mass is 16.5. The fourth-order valence-corrected chi connectivity index (χ4v) is 3.27. The van der Waals surface area contributed by atoms with Crippen LogP contribution in [0.3, 0.4) is 0 Å². The third-order valence-electron chi connectivity index (χ3n) is 4.47. The van der Waals surface area contributed by atoms with Gasteiger partial charge in [0.2, 0.25) is 0 Å². The number of nitrogens with two attached hydrogens (primary N) is 1. The lowest BCUT2D eigenvalue weighted by Crippen LogP contribution is -2.51. The Morgan fingerprint density at radius 1 is 1.24 bits per heavy atom. The van der Waals surface area contributed by atoms with Gasteiger partial charge in [0.25, 0.3) is 0 Å². The lowest BCUT2D eigenvalue weighted by Gasteiger charge is -2.35. The minimum atomic E-state index is -0.186. The van der Waals surface area contributed by atoms with Crippen molar-refractivity contribution in [3.8, 4) is 11.5 Å². The van der Waals surface area contributed by atoms with E-state index in [4.69, 9.17) is 19.9 Å². The molecule has 1 aromatic rings. The van der Waals surface area contributed by atoms with E-state index in [1.54, 1.807) is 14.2 Å². The van der Waals surface area contributed by atoms with Gasteiger partial charge in [-0.2, -0.15) is 0 Å². The molecular formula is C16H24N2O3. The van der Waals surface area contributed by atoms with Gasteiger partial charge in [-0.3, -0.25) is 4.90 Å². The van der Waals surface area contributed by atoms with E-state index in [1.165, 1.54) is 11.1 Å². The van der Waals surface area contributed by atoms with E-state index in [2.05, 4.69) is 17.0 Å². The molecule has 1 unspecified atom stereocenters. The van der Waals surface area contributed by atoms with Gasteiger partial charge in [-0.05, 0) is 36.1 Å². The van der Waals surface area contributed by atoms with Crippen LogP contribution in [0.2, 0.25) is 0 Å². The van der Waals surface area contributed by atoms with E-state index in [9.17, 15) is 0 Å². The fourth-order valence-electron chi connectivity index (χ4n) is 3.27. The number of fused-ring (bicyclic) bond motifs is 1. The molecule has 5 nitrogen and oxygen atoms in total. The predicted octanol–water partition coefficient (Wildman–Crippen LogP) is 1.18. The van der Waals surface area contributed by atoms with Gasteiger partial charge >= 0.3 is 0 Å². The van der Waals surface area contributed by atoms with E-state index in [1.807, 2.05) is 0 Å². The summed E-state index contributed by atoms with van der Waals surface area (Å²) in [7, 11) is 3.35. The van der Waals surface area contributed by atoms with Crippen LogP contribution in [0.1, 0.15) is 17.5 Å². The van der Waals surface area contributed by atoms with Crippen LogP contribution in [0.5, 0.6) is 11.5 Å². The Morgan fingerprint density at radius 3 is 2.57 bits per heavy atom. The molecule has 3 rings (SSSR count). The predicted molar refractivity (Wildman–Crippen MR) is 80.9 cm³/mol. The molecule has 0 aliphatic carbocycles. The molecule has 1 aromatic carbocycles. The van der Waals surface area contributed by atoms with E-state index in [0.717, 1.165) is 50.6 Å². The number of methoxy groups -OCH3 is 2. The summed E-state index contributed by atoms with van der Waals surface area (Å²) in [6.07, 6.45) is 1.97. The second kappa shape index (κ2) is 5.83. The molecule has 5 heteroatoms. The SMILES string of the molecule is COc1cc2c(cc1OC)CN(CC1(N)CCOC1)CC2. The molecule has 0 bridgehead atoms. The molecule has 0 radical (unpaired) electrons. The summed E-state index contributed by atoms with van der Waals surface area (Å²) in [6.45, 7) is 4.28. The Hall–Kier alpha value is -1.30. The molecule has 0 aromatic heterocycles. The second-order valence-corrected chi connectivity index (χ2v) is 6.10. The Bertz CT molecular complexity index is 512. The average Bonchev–Trinajstić information content (AvgIpc) is 2.92. The number of rotatable bonds is 4. The standard InChI is InChI=1S/C16H24N2O3/c1-19-14-7-12-3-5-18(9-13(12)8-15(14)20-2)10-16(17)4-6-21-11-16/h7-8H,3-6,9-11,17H2,1-2H3. The highest BCUT2D eigenvalue weighted by Crippen LogP contribution is 2.33. The zero-order chi connectivity index (χ0) is 14.9. The van der Waals surface area contributed by atoms with Crippen molar-refractivity contribution in [2.45, 2.75) is 24.9 Å². The third kappa shape index (κ3) is 3.00. The molecule has 0 amide bonds. The maximum absolute atomic E-state index is 6.40. The first-order chi connectivity index (χ1) is 10.1. The first kappa shape index (κ1) is 14.6. The number of nitrogens with zero attached hydrogens (tertiary/aromatic N) is 1. The maximum Gasteiger partial charge on any atom is 0.161 e. The molecule has 1 saturated heterocycles. The van der Waals surface area contributed by atoms with Gasteiger partial charge in [0.15, 0.2) is 11.5 Å². The minimum absolute atomic E-state index is 0.186. The van der Waals surface area contributed by atoms with Crippen molar-refractivity contribution in [2.24, 2.45) is 5.73 Å². The van der Waals surface area contributed by atoms with Crippen molar-refractivity contribution in [1.29, 1.82) is 0 Å². The zero-order valence-corrected chi connectivity index (χ0v) is 12.9. The van der Waals surface area contributed by atoms with Crippen LogP contribution in [0.25, 0.3) is 0 Å². The quantitative estimate of drug-likeness (QED) is 0.903. The van der Waals surface area contributed by atoms with Gasteiger partial charge in [-0.25, -0.2) is 0 Å². The van der Waals surface area contributed by atoms with E-state index in [0.29, 0.717) is 6.61 Å². The molecule has 1 fully saturated rings. The van der Waals surface area contributed by atoms with Crippen LogP contribution in [0, 0.1) is 0 Å². The highest BCUT2D eigenvalue weighted by Gasteiger charge is 2.33. The number of ether oxygens (including phenoxy) is 3. The van der Waals surface area contributed by atoms with Crippen LogP contribution in [-0.2, 0) is 17.7 Å². The zero-order valence-electron chi connectivity index (χ0n) is 12.9. The van der Waals surface area contributed by atoms with Gasteiger partial charge in [-0.1, -0.05) is 0 Å². The summed E-state index contributed by atoms with van der Waals surface area (Å²) < 4.78 is 16.2. The summed E-state index contributed by atoms with van der Waals surface area (Å²) in [6, 6.07) is 4.19. The molecule has 1 atom stereocenters. The second-order valence-electron chi connectivity index (χ2n) is 6.10. The maximum atomic E-state index is 6.40. The third-order valence-corrected chi connectivity index (χ3v) is 4.47. The van der Waals surface area contributed by atoms with Crippen molar-refractivity contribution in [2.75, 3.05) is 40.5 Å². The molecular weight excluding hydrogens is 268 g/mol. The molecule has 2 N–H and O–H groups in total. The van der Waals surface area contributed by atoms with Crippen LogP contribution >= 0.6 is 0 Å². The summed E-state index contributed by atoms with van der Waals surface area (Å²) >= 11 is 0. The topological polar surface area (TPSA) is 57.0 Å².